The molecule has 3 rings (SSSR count). The van der Waals surface area contributed by atoms with Crippen molar-refractivity contribution in [2.24, 2.45) is 0 Å². The van der Waals surface area contributed by atoms with Crippen LogP contribution in [0.2, 0.25) is 0 Å². The first-order valence-corrected chi connectivity index (χ1v) is 9.79. The SMILES string of the molecule is COc1ccccc1-c1ccccc1C(=O)NCCc1cc(C(F)(F)F)cc(C(F)(F)F)c1. The van der Waals surface area contributed by atoms with Gasteiger partial charge in [0.2, 0.25) is 0 Å². The number of methoxy groups -OCH3 is 1. The molecule has 1 amide bonds. The summed E-state index contributed by atoms with van der Waals surface area (Å²) < 4.78 is 83.5. The summed E-state index contributed by atoms with van der Waals surface area (Å²) in [7, 11) is 1.49. The number of ether oxygens (including phenoxy) is 1. The smallest absolute Gasteiger partial charge is 0.416 e. The Morgan fingerprint density at radius 2 is 1.36 bits per heavy atom. The minimum absolute atomic E-state index is 0.0750. The molecule has 9 heteroatoms. The molecule has 3 nitrogen and oxygen atoms in total. The fourth-order valence-corrected chi connectivity index (χ4v) is 3.36. The van der Waals surface area contributed by atoms with Crippen molar-refractivity contribution in [3.05, 3.63) is 89.0 Å². The highest BCUT2D eigenvalue weighted by Crippen LogP contribution is 2.36. The fourth-order valence-electron chi connectivity index (χ4n) is 3.36. The van der Waals surface area contributed by atoms with E-state index in [2.05, 4.69) is 5.32 Å². The zero-order chi connectivity index (χ0) is 24.2. The molecule has 0 aromatic heterocycles. The van der Waals surface area contributed by atoms with Crippen LogP contribution in [0.4, 0.5) is 26.3 Å². The van der Waals surface area contributed by atoms with E-state index < -0.39 is 29.4 Å². The third-order valence-electron chi connectivity index (χ3n) is 4.92. The Kier molecular flexibility index (Phi) is 7.00. The molecule has 0 fully saturated rings. The molecule has 0 saturated carbocycles. The summed E-state index contributed by atoms with van der Waals surface area (Å²) in [4.78, 5) is 12.8. The first-order chi connectivity index (χ1) is 15.5. The Bertz CT molecular complexity index is 1110. The highest BCUT2D eigenvalue weighted by atomic mass is 19.4. The van der Waals surface area contributed by atoms with E-state index >= 15 is 0 Å². The lowest BCUT2D eigenvalue weighted by molar-refractivity contribution is -0.143. The van der Waals surface area contributed by atoms with Crippen molar-refractivity contribution in [3.63, 3.8) is 0 Å². The minimum atomic E-state index is -4.92. The van der Waals surface area contributed by atoms with Crippen molar-refractivity contribution in [1.29, 1.82) is 0 Å². The summed E-state index contributed by atoms with van der Waals surface area (Å²) in [5, 5.41) is 2.57. The second kappa shape index (κ2) is 9.56. The minimum Gasteiger partial charge on any atom is -0.496 e. The topological polar surface area (TPSA) is 38.3 Å². The number of amides is 1. The molecule has 0 saturated heterocycles. The molecular weight excluding hydrogens is 448 g/mol. The van der Waals surface area contributed by atoms with Crippen LogP contribution in [0.1, 0.15) is 27.0 Å². The predicted octanol–water partition coefficient (Wildman–Crippen LogP) is 6.37. The van der Waals surface area contributed by atoms with Crippen LogP contribution < -0.4 is 10.1 Å². The van der Waals surface area contributed by atoms with E-state index in [1.807, 2.05) is 0 Å². The number of para-hydroxylation sites is 1. The van der Waals surface area contributed by atoms with Crippen molar-refractivity contribution < 1.29 is 35.9 Å². The molecule has 33 heavy (non-hydrogen) atoms. The van der Waals surface area contributed by atoms with Gasteiger partial charge in [-0.05, 0) is 47.9 Å². The average Bonchev–Trinajstić information content (AvgIpc) is 2.77. The lowest BCUT2D eigenvalue weighted by Gasteiger charge is -2.15. The zero-order valence-electron chi connectivity index (χ0n) is 17.3. The van der Waals surface area contributed by atoms with E-state index in [1.165, 1.54) is 7.11 Å². The quantitative estimate of drug-likeness (QED) is 0.428. The van der Waals surface area contributed by atoms with Gasteiger partial charge >= 0.3 is 12.4 Å². The second-order valence-electron chi connectivity index (χ2n) is 7.17. The standard InChI is InChI=1S/C24H19F6NO2/c1-33-21-9-5-4-7-19(21)18-6-2-3-8-20(18)22(32)31-11-10-15-12-16(23(25,26)27)14-17(13-15)24(28,29)30/h2-9,12-14H,10-11H2,1H3,(H,31,32). The van der Waals surface area contributed by atoms with E-state index in [0.29, 0.717) is 34.6 Å². The number of hydrogen-bond acceptors (Lipinski definition) is 2. The summed E-state index contributed by atoms with van der Waals surface area (Å²) in [6.07, 6.45) is -10.1. The highest BCUT2D eigenvalue weighted by molar-refractivity contribution is 6.01. The third-order valence-corrected chi connectivity index (χ3v) is 4.92. The van der Waals surface area contributed by atoms with Gasteiger partial charge in [0.15, 0.2) is 0 Å². The Balaban J connectivity index is 1.80. The van der Waals surface area contributed by atoms with Crippen LogP contribution in [0.5, 0.6) is 5.75 Å². The van der Waals surface area contributed by atoms with E-state index in [0.717, 1.165) is 0 Å². The maximum Gasteiger partial charge on any atom is 0.416 e. The molecule has 0 unspecified atom stereocenters. The molecule has 0 bridgehead atoms. The number of benzene rings is 3. The van der Waals surface area contributed by atoms with Gasteiger partial charge in [-0.1, -0.05) is 36.4 Å². The van der Waals surface area contributed by atoms with E-state index in [9.17, 15) is 31.1 Å². The van der Waals surface area contributed by atoms with Gasteiger partial charge in [0.1, 0.15) is 5.75 Å². The van der Waals surface area contributed by atoms with Crippen molar-refractivity contribution in [3.8, 4) is 16.9 Å². The molecule has 0 aliphatic rings. The van der Waals surface area contributed by atoms with Crippen LogP contribution in [0.15, 0.2) is 66.7 Å². The third kappa shape index (κ3) is 5.85. The van der Waals surface area contributed by atoms with Gasteiger partial charge in [-0.15, -0.1) is 0 Å². The van der Waals surface area contributed by atoms with Crippen LogP contribution in [0, 0.1) is 0 Å². The van der Waals surface area contributed by atoms with Gasteiger partial charge < -0.3 is 10.1 Å². The summed E-state index contributed by atoms with van der Waals surface area (Å²) in [6, 6.07) is 15.1. The number of nitrogens with one attached hydrogen (secondary N) is 1. The summed E-state index contributed by atoms with van der Waals surface area (Å²) in [5.41, 5.74) is -1.43. The Hall–Kier alpha value is -3.49. The van der Waals surface area contributed by atoms with Gasteiger partial charge in [-0.2, -0.15) is 26.3 Å². The molecule has 3 aromatic carbocycles. The van der Waals surface area contributed by atoms with Crippen LogP contribution >= 0.6 is 0 Å². The molecule has 0 aliphatic heterocycles. The van der Waals surface area contributed by atoms with Gasteiger partial charge in [0, 0.05) is 17.7 Å². The van der Waals surface area contributed by atoms with Gasteiger partial charge in [0.05, 0.1) is 18.2 Å². The summed E-state index contributed by atoms with van der Waals surface area (Å²) in [5.74, 6) is 0.0286. The van der Waals surface area contributed by atoms with Crippen LogP contribution in [-0.4, -0.2) is 19.6 Å². The normalized spacial score (nSPS) is 11.8. The second-order valence-corrected chi connectivity index (χ2v) is 7.17. The van der Waals surface area contributed by atoms with E-state index in [1.54, 1.807) is 48.5 Å². The van der Waals surface area contributed by atoms with E-state index in [-0.39, 0.29) is 24.6 Å². The van der Waals surface area contributed by atoms with Gasteiger partial charge in [0.25, 0.3) is 5.91 Å². The number of alkyl halides is 6. The van der Waals surface area contributed by atoms with E-state index in [4.69, 9.17) is 4.74 Å². The fraction of sp³-hybridized carbons (Fsp3) is 0.208. The largest absolute Gasteiger partial charge is 0.496 e. The Labute approximate surface area is 186 Å². The Morgan fingerprint density at radius 3 is 1.94 bits per heavy atom. The van der Waals surface area contributed by atoms with Crippen LogP contribution in [0.25, 0.3) is 11.1 Å². The molecular formula is C24H19F6NO2. The number of carbonyl (C=O) groups is 1. The lowest BCUT2D eigenvalue weighted by atomic mass is 9.98. The van der Waals surface area contributed by atoms with Crippen LogP contribution in [-0.2, 0) is 18.8 Å². The molecule has 3 aromatic rings. The molecule has 0 atom stereocenters. The van der Waals surface area contributed by atoms with Gasteiger partial charge in [-0.25, -0.2) is 0 Å². The highest BCUT2D eigenvalue weighted by Gasteiger charge is 2.36. The molecule has 0 heterocycles. The summed E-state index contributed by atoms with van der Waals surface area (Å²) in [6.45, 7) is -0.155. The number of hydrogen-bond donors (Lipinski definition) is 1. The molecule has 0 spiro atoms. The zero-order valence-corrected chi connectivity index (χ0v) is 17.3. The maximum absolute atomic E-state index is 13.0. The van der Waals surface area contributed by atoms with Gasteiger partial charge in [-0.3, -0.25) is 4.79 Å². The number of halogens is 6. The monoisotopic (exact) mass is 467 g/mol. The van der Waals surface area contributed by atoms with Crippen molar-refractivity contribution in [2.75, 3.05) is 13.7 Å². The van der Waals surface area contributed by atoms with Crippen molar-refractivity contribution in [2.45, 2.75) is 18.8 Å². The van der Waals surface area contributed by atoms with Crippen LogP contribution in [0.3, 0.4) is 0 Å². The lowest BCUT2D eigenvalue weighted by Crippen LogP contribution is -2.26. The maximum atomic E-state index is 13.0. The van der Waals surface area contributed by atoms with Crippen molar-refractivity contribution >= 4 is 5.91 Å². The van der Waals surface area contributed by atoms with Crippen molar-refractivity contribution in [1.82, 2.24) is 5.32 Å². The molecule has 0 radical (unpaired) electrons. The molecule has 0 aliphatic carbocycles. The average molecular weight is 467 g/mol. The number of rotatable bonds is 6. The predicted molar refractivity (Wildman–Crippen MR) is 111 cm³/mol. The first-order valence-electron chi connectivity index (χ1n) is 9.79. The Morgan fingerprint density at radius 1 is 0.818 bits per heavy atom. The first kappa shape index (κ1) is 24.2. The molecule has 1 N–H and O–H groups in total. The summed E-state index contributed by atoms with van der Waals surface area (Å²) >= 11 is 0. The number of carbonyl (C=O) groups excluding carboxylic acids is 1. The molecule has 174 valence electrons.